The first-order valence-electron chi connectivity index (χ1n) is 7.12. The van der Waals surface area contributed by atoms with Crippen molar-refractivity contribution in [3.63, 3.8) is 0 Å². The molecular weight excluding hydrogens is 226 g/mol. The van der Waals surface area contributed by atoms with Crippen LogP contribution < -0.4 is 10.5 Å². The Balaban J connectivity index is 1.77. The molecule has 2 aliphatic rings. The molecule has 0 spiro atoms. The third kappa shape index (κ3) is 2.42. The number of hydrogen-bond donors (Lipinski definition) is 1. The van der Waals surface area contributed by atoms with E-state index in [0.717, 1.165) is 30.6 Å². The van der Waals surface area contributed by atoms with Gasteiger partial charge < -0.3 is 9.88 Å². The molecule has 4 nitrogen and oxygen atoms in total. The van der Waals surface area contributed by atoms with E-state index < -0.39 is 0 Å². The summed E-state index contributed by atoms with van der Waals surface area (Å²) in [6.45, 7) is 4.34. The van der Waals surface area contributed by atoms with Gasteiger partial charge in [-0.3, -0.25) is 4.79 Å². The Bertz CT molecular complexity index is 470. The molecule has 0 aromatic carbocycles. The summed E-state index contributed by atoms with van der Waals surface area (Å²) >= 11 is 0. The van der Waals surface area contributed by atoms with E-state index >= 15 is 0 Å². The predicted molar refractivity (Wildman–Crippen MR) is 72.1 cm³/mol. The first kappa shape index (κ1) is 11.8. The summed E-state index contributed by atoms with van der Waals surface area (Å²) in [4.78, 5) is 21.5. The van der Waals surface area contributed by atoms with Gasteiger partial charge in [0.1, 0.15) is 11.6 Å². The third-order valence-electron chi connectivity index (χ3n) is 4.23. The normalized spacial score (nSPS) is 21.3. The van der Waals surface area contributed by atoms with Gasteiger partial charge >= 0.3 is 0 Å². The molecule has 18 heavy (non-hydrogen) atoms. The van der Waals surface area contributed by atoms with Gasteiger partial charge in [-0.25, -0.2) is 4.98 Å². The lowest BCUT2D eigenvalue weighted by Crippen LogP contribution is -2.35. The molecule has 0 atom stereocenters. The van der Waals surface area contributed by atoms with Gasteiger partial charge in [0.05, 0.1) is 0 Å². The van der Waals surface area contributed by atoms with Crippen LogP contribution in [0.2, 0.25) is 0 Å². The molecule has 1 aromatic heterocycles. The second-order valence-corrected chi connectivity index (χ2v) is 5.60. The maximum absolute atomic E-state index is 11.7. The number of piperidine rings is 1. The zero-order valence-corrected chi connectivity index (χ0v) is 11.0. The predicted octanol–water partition coefficient (Wildman–Crippen LogP) is 2.27. The molecule has 4 heteroatoms. The summed E-state index contributed by atoms with van der Waals surface area (Å²) in [5, 5.41) is 0. The summed E-state index contributed by atoms with van der Waals surface area (Å²) in [6, 6.07) is 1.65. The summed E-state index contributed by atoms with van der Waals surface area (Å²) in [5.41, 5.74) is -0.000449. The van der Waals surface area contributed by atoms with E-state index in [0.29, 0.717) is 5.92 Å². The zero-order valence-electron chi connectivity index (χ0n) is 11.0. The molecular formula is C14H21N3O. The summed E-state index contributed by atoms with van der Waals surface area (Å²) in [7, 11) is 0. The lowest BCUT2D eigenvalue weighted by Gasteiger charge is -2.32. The Morgan fingerprint density at radius 3 is 2.67 bits per heavy atom. The largest absolute Gasteiger partial charge is 0.356 e. The van der Waals surface area contributed by atoms with Crippen molar-refractivity contribution in [2.24, 2.45) is 5.92 Å². The molecule has 1 N–H and O–H groups in total. The number of H-pyrrole nitrogens is 1. The van der Waals surface area contributed by atoms with Crippen LogP contribution in [0.3, 0.4) is 0 Å². The van der Waals surface area contributed by atoms with Crippen LogP contribution in [0.25, 0.3) is 0 Å². The van der Waals surface area contributed by atoms with E-state index in [1.165, 1.54) is 32.1 Å². The number of nitrogens with zero attached hydrogens (tertiary/aromatic N) is 2. The molecule has 98 valence electrons. The van der Waals surface area contributed by atoms with Gasteiger partial charge in [0.2, 0.25) is 0 Å². The van der Waals surface area contributed by atoms with Crippen LogP contribution in [0.1, 0.15) is 50.8 Å². The van der Waals surface area contributed by atoms with Crippen LogP contribution in [0.4, 0.5) is 5.82 Å². The maximum Gasteiger partial charge on any atom is 0.252 e. The molecule has 2 heterocycles. The highest BCUT2D eigenvalue weighted by Gasteiger charge is 2.27. The number of hydrogen-bond acceptors (Lipinski definition) is 3. The van der Waals surface area contributed by atoms with Crippen molar-refractivity contribution in [1.82, 2.24) is 9.97 Å². The van der Waals surface area contributed by atoms with E-state index in [4.69, 9.17) is 0 Å². The fourth-order valence-corrected chi connectivity index (χ4v) is 2.75. The van der Waals surface area contributed by atoms with Gasteiger partial charge in [-0.2, -0.15) is 0 Å². The molecule has 0 unspecified atom stereocenters. The molecule has 1 saturated carbocycles. The second kappa shape index (κ2) is 4.75. The summed E-state index contributed by atoms with van der Waals surface area (Å²) < 4.78 is 0. The van der Waals surface area contributed by atoms with Gasteiger partial charge in [0.25, 0.3) is 5.56 Å². The monoisotopic (exact) mass is 247 g/mol. The Labute approximate surface area is 107 Å². The van der Waals surface area contributed by atoms with Gasteiger partial charge in [-0.1, -0.05) is 13.3 Å². The van der Waals surface area contributed by atoms with Crippen molar-refractivity contribution in [2.45, 2.75) is 44.9 Å². The van der Waals surface area contributed by atoms with Crippen molar-refractivity contribution in [2.75, 3.05) is 18.0 Å². The minimum Gasteiger partial charge on any atom is -0.356 e. The summed E-state index contributed by atoms with van der Waals surface area (Å²) in [6.07, 6.45) is 6.06. The molecule has 0 amide bonds. The first-order chi connectivity index (χ1) is 8.76. The van der Waals surface area contributed by atoms with Gasteiger partial charge in [0.15, 0.2) is 0 Å². The average Bonchev–Trinajstić information content (AvgIpc) is 3.22. The molecule has 2 fully saturated rings. The van der Waals surface area contributed by atoms with E-state index in [9.17, 15) is 4.79 Å². The lowest BCUT2D eigenvalue weighted by molar-refractivity contribution is 0.393. The number of nitrogens with one attached hydrogen (secondary N) is 1. The standard InChI is InChI=1S/C14H21N3O/c1-2-10-5-7-17(8-6-10)12-9-13(18)16-14(15-12)11-3-4-11/h9-11H,2-8H2,1H3,(H,15,16,18). The summed E-state index contributed by atoms with van der Waals surface area (Å²) in [5.74, 6) is 3.14. The fraction of sp³-hybridized carbons (Fsp3) is 0.714. The highest BCUT2D eigenvalue weighted by atomic mass is 16.1. The van der Waals surface area contributed by atoms with Crippen LogP contribution >= 0.6 is 0 Å². The van der Waals surface area contributed by atoms with Crippen LogP contribution in [0, 0.1) is 5.92 Å². The Morgan fingerprint density at radius 2 is 2.06 bits per heavy atom. The highest BCUT2D eigenvalue weighted by molar-refractivity contribution is 5.38. The molecule has 1 aromatic rings. The molecule has 1 aliphatic carbocycles. The Kier molecular flexibility index (Phi) is 3.10. The van der Waals surface area contributed by atoms with E-state index in [1.54, 1.807) is 6.07 Å². The number of rotatable bonds is 3. The number of aromatic amines is 1. The number of aromatic nitrogens is 2. The van der Waals surface area contributed by atoms with Crippen molar-refractivity contribution in [3.8, 4) is 0 Å². The smallest absolute Gasteiger partial charge is 0.252 e. The van der Waals surface area contributed by atoms with Crippen LogP contribution in [0.15, 0.2) is 10.9 Å². The third-order valence-corrected chi connectivity index (χ3v) is 4.23. The average molecular weight is 247 g/mol. The highest BCUT2D eigenvalue weighted by Crippen LogP contribution is 2.38. The van der Waals surface area contributed by atoms with E-state index in [1.807, 2.05) is 0 Å². The van der Waals surface area contributed by atoms with Crippen molar-refractivity contribution >= 4 is 5.82 Å². The quantitative estimate of drug-likeness (QED) is 0.891. The maximum atomic E-state index is 11.7. The van der Waals surface area contributed by atoms with E-state index in [2.05, 4.69) is 21.8 Å². The topological polar surface area (TPSA) is 49.0 Å². The van der Waals surface area contributed by atoms with Crippen LogP contribution in [0.5, 0.6) is 0 Å². The molecule has 1 saturated heterocycles. The second-order valence-electron chi connectivity index (χ2n) is 5.60. The Morgan fingerprint density at radius 1 is 1.33 bits per heavy atom. The molecule has 1 aliphatic heterocycles. The first-order valence-corrected chi connectivity index (χ1v) is 7.12. The molecule has 0 bridgehead atoms. The van der Waals surface area contributed by atoms with Gasteiger partial charge in [-0.05, 0) is 31.6 Å². The van der Waals surface area contributed by atoms with Crippen molar-refractivity contribution < 1.29 is 0 Å². The Hall–Kier alpha value is -1.32. The zero-order chi connectivity index (χ0) is 12.5. The molecule has 0 radical (unpaired) electrons. The molecule has 3 rings (SSSR count). The van der Waals surface area contributed by atoms with Gasteiger partial charge in [-0.15, -0.1) is 0 Å². The SMILES string of the molecule is CCC1CCN(c2cc(=O)[nH]c(C3CC3)n2)CC1. The van der Waals surface area contributed by atoms with Crippen LogP contribution in [-0.4, -0.2) is 23.1 Å². The minimum absolute atomic E-state index is 0.000449. The van der Waals surface area contributed by atoms with Crippen LogP contribution in [-0.2, 0) is 0 Å². The van der Waals surface area contributed by atoms with Crippen molar-refractivity contribution in [3.05, 3.63) is 22.2 Å². The lowest BCUT2D eigenvalue weighted by atomic mass is 9.94. The van der Waals surface area contributed by atoms with E-state index in [-0.39, 0.29) is 5.56 Å². The fourth-order valence-electron chi connectivity index (χ4n) is 2.75. The van der Waals surface area contributed by atoms with Gasteiger partial charge in [0, 0.05) is 25.1 Å². The van der Waals surface area contributed by atoms with Crippen molar-refractivity contribution in [1.29, 1.82) is 0 Å². The minimum atomic E-state index is -0.000449. The number of anilines is 1.